The third kappa shape index (κ3) is 4.26. The minimum absolute atomic E-state index is 0.0866. The topological polar surface area (TPSA) is 96.2 Å². The van der Waals surface area contributed by atoms with Gasteiger partial charge in [0.15, 0.2) is 0 Å². The summed E-state index contributed by atoms with van der Waals surface area (Å²) in [5.74, 6) is 0.143. The van der Waals surface area contributed by atoms with Gasteiger partial charge in [-0.25, -0.2) is 4.79 Å². The van der Waals surface area contributed by atoms with Gasteiger partial charge in [0.05, 0.1) is 19.8 Å². The number of aliphatic hydroxyl groups is 2. The molecule has 0 aromatic heterocycles. The van der Waals surface area contributed by atoms with E-state index in [2.05, 4.69) is 13.0 Å². The first-order valence-electron chi connectivity index (χ1n) is 11.9. The SMILES string of the molecule is CC12CCC3=C(COC3=O)C1CCc1c2ccc(C(CO)COCc2ccccc2)c1O.CO. The molecule has 0 fully saturated rings. The van der Waals surface area contributed by atoms with Gasteiger partial charge in [0.1, 0.15) is 12.4 Å². The number of fused-ring (bicyclic) bond motifs is 4. The smallest absolute Gasteiger partial charge is 0.334 e. The molecule has 0 saturated carbocycles. The Hall–Kier alpha value is -2.67. The Balaban J connectivity index is 0.00000133. The van der Waals surface area contributed by atoms with Crippen molar-refractivity contribution in [2.45, 2.75) is 50.5 Å². The molecule has 0 spiro atoms. The maximum Gasteiger partial charge on any atom is 0.334 e. The number of phenolic OH excluding ortho intramolecular Hbond substituents is 1. The summed E-state index contributed by atoms with van der Waals surface area (Å²) in [6, 6.07) is 14.0. The molecule has 2 aromatic carbocycles. The highest BCUT2D eigenvalue weighted by Crippen LogP contribution is 2.55. The van der Waals surface area contributed by atoms with Crippen LogP contribution in [-0.2, 0) is 32.7 Å². The van der Waals surface area contributed by atoms with Gasteiger partial charge >= 0.3 is 5.97 Å². The molecular weight excluding hydrogens is 432 g/mol. The predicted octanol–water partition coefficient (Wildman–Crippen LogP) is 3.76. The van der Waals surface area contributed by atoms with Crippen LogP contribution in [0.4, 0.5) is 0 Å². The molecule has 0 bridgehead atoms. The molecule has 3 N–H and O–H groups in total. The minimum atomic E-state index is -0.281. The van der Waals surface area contributed by atoms with Crippen LogP contribution in [0.25, 0.3) is 0 Å². The van der Waals surface area contributed by atoms with Crippen LogP contribution < -0.4 is 0 Å². The second kappa shape index (κ2) is 10.3. The van der Waals surface area contributed by atoms with Crippen molar-refractivity contribution in [3.8, 4) is 5.75 Å². The van der Waals surface area contributed by atoms with E-state index in [1.807, 2.05) is 36.4 Å². The van der Waals surface area contributed by atoms with Gasteiger partial charge in [0, 0.05) is 24.2 Å². The zero-order chi connectivity index (χ0) is 24.3. The molecule has 0 radical (unpaired) electrons. The Morgan fingerprint density at radius 3 is 2.65 bits per heavy atom. The van der Waals surface area contributed by atoms with Crippen LogP contribution in [0.2, 0.25) is 0 Å². The van der Waals surface area contributed by atoms with Crippen molar-refractivity contribution < 1.29 is 29.6 Å². The maximum absolute atomic E-state index is 12.1. The second-order valence-electron chi connectivity index (χ2n) is 9.50. The van der Waals surface area contributed by atoms with E-state index in [0.29, 0.717) is 25.6 Å². The quantitative estimate of drug-likeness (QED) is 0.561. The Kier molecular flexibility index (Phi) is 7.41. The normalized spacial score (nSPS) is 23.8. The number of cyclic esters (lactones) is 1. The molecule has 0 saturated heterocycles. The van der Waals surface area contributed by atoms with Gasteiger partial charge in [-0.15, -0.1) is 0 Å². The molecule has 2 aliphatic carbocycles. The number of benzene rings is 2. The molecule has 6 heteroatoms. The van der Waals surface area contributed by atoms with Crippen LogP contribution in [0, 0.1) is 5.92 Å². The molecule has 1 heterocycles. The number of carbonyl (C=O) groups excluding carboxylic acids is 1. The van der Waals surface area contributed by atoms with Crippen molar-refractivity contribution >= 4 is 5.97 Å². The van der Waals surface area contributed by atoms with E-state index < -0.39 is 0 Å². The largest absolute Gasteiger partial charge is 0.507 e. The molecule has 182 valence electrons. The summed E-state index contributed by atoms with van der Waals surface area (Å²) in [6.45, 7) is 3.40. The average molecular weight is 467 g/mol. The summed E-state index contributed by atoms with van der Waals surface area (Å²) in [4.78, 5) is 12.1. The van der Waals surface area contributed by atoms with E-state index in [1.54, 1.807) is 0 Å². The summed E-state index contributed by atoms with van der Waals surface area (Å²) >= 11 is 0. The van der Waals surface area contributed by atoms with Crippen molar-refractivity contribution in [2.24, 2.45) is 5.92 Å². The van der Waals surface area contributed by atoms with E-state index >= 15 is 0 Å². The number of ether oxygens (including phenoxy) is 2. The van der Waals surface area contributed by atoms with E-state index in [0.717, 1.165) is 55.1 Å². The fraction of sp³-hybridized carbons (Fsp3) is 0.464. The highest BCUT2D eigenvalue weighted by Gasteiger charge is 2.49. The van der Waals surface area contributed by atoms with E-state index in [-0.39, 0.29) is 29.8 Å². The number of hydrogen-bond donors (Lipinski definition) is 3. The zero-order valence-electron chi connectivity index (χ0n) is 19.9. The maximum atomic E-state index is 12.1. The summed E-state index contributed by atoms with van der Waals surface area (Å²) in [6.07, 6.45) is 3.25. The summed E-state index contributed by atoms with van der Waals surface area (Å²) in [7, 11) is 1.00. The molecule has 6 nitrogen and oxygen atoms in total. The van der Waals surface area contributed by atoms with E-state index in [9.17, 15) is 15.0 Å². The monoisotopic (exact) mass is 466 g/mol. The fourth-order valence-corrected chi connectivity index (χ4v) is 5.98. The molecule has 3 atom stereocenters. The summed E-state index contributed by atoms with van der Waals surface area (Å²) in [5, 5.41) is 28.3. The first-order valence-corrected chi connectivity index (χ1v) is 11.9. The van der Waals surface area contributed by atoms with Gasteiger partial charge in [-0.3, -0.25) is 0 Å². The lowest BCUT2D eigenvalue weighted by Gasteiger charge is -2.46. The predicted molar refractivity (Wildman–Crippen MR) is 129 cm³/mol. The van der Waals surface area contributed by atoms with Crippen LogP contribution in [0.1, 0.15) is 54.4 Å². The molecular formula is C28H34O6. The molecule has 1 aliphatic heterocycles. The molecule has 5 rings (SSSR count). The first kappa shape index (κ1) is 24.5. The van der Waals surface area contributed by atoms with Crippen molar-refractivity contribution in [1.82, 2.24) is 0 Å². The third-order valence-corrected chi connectivity index (χ3v) is 7.78. The van der Waals surface area contributed by atoms with Gasteiger partial charge in [0.2, 0.25) is 0 Å². The highest BCUT2D eigenvalue weighted by molar-refractivity contribution is 5.92. The molecule has 3 unspecified atom stereocenters. The van der Waals surface area contributed by atoms with Crippen molar-refractivity contribution in [2.75, 3.05) is 26.9 Å². The van der Waals surface area contributed by atoms with Crippen LogP contribution in [0.5, 0.6) is 5.75 Å². The van der Waals surface area contributed by atoms with Gasteiger partial charge in [-0.1, -0.05) is 49.4 Å². The number of phenols is 1. The van der Waals surface area contributed by atoms with Crippen LogP contribution in [0.15, 0.2) is 53.6 Å². The Labute approximate surface area is 200 Å². The molecule has 0 amide bonds. The zero-order valence-corrected chi connectivity index (χ0v) is 19.9. The van der Waals surface area contributed by atoms with Gasteiger partial charge in [0.25, 0.3) is 0 Å². The molecule has 2 aromatic rings. The van der Waals surface area contributed by atoms with Gasteiger partial charge in [-0.2, -0.15) is 0 Å². The summed E-state index contributed by atoms with van der Waals surface area (Å²) in [5.41, 5.74) is 5.91. The number of aliphatic hydroxyl groups excluding tert-OH is 2. The number of rotatable bonds is 6. The highest BCUT2D eigenvalue weighted by atomic mass is 16.5. The lowest BCUT2D eigenvalue weighted by atomic mass is 9.56. The second-order valence-corrected chi connectivity index (χ2v) is 9.50. The lowest BCUT2D eigenvalue weighted by Crippen LogP contribution is -2.41. The first-order chi connectivity index (χ1) is 16.5. The van der Waals surface area contributed by atoms with Gasteiger partial charge in [-0.05, 0) is 59.3 Å². The number of hydrogen-bond acceptors (Lipinski definition) is 6. The Morgan fingerprint density at radius 2 is 1.91 bits per heavy atom. The van der Waals surface area contributed by atoms with Crippen molar-refractivity contribution in [1.29, 1.82) is 0 Å². The van der Waals surface area contributed by atoms with E-state index in [1.165, 1.54) is 11.1 Å². The minimum Gasteiger partial charge on any atom is -0.507 e. The van der Waals surface area contributed by atoms with Crippen LogP contribution in [-0.4, -0.2) is 48.2 Å². The van der Waals surface area contributed by atoms with E-state index in [4.69, 9.17) is 14.6 Å². The Bertz CT molecular complexity index is 1060. The Morgan fingerprint density at radius 1 is 1.15 bits per heavy atom. The van der Waals surface area contributed by atoms with Gasteiger partial charge < -0.3 is 24.8 Å². The standard InChI is InChI=1S/C27H30O5.CH4O/c1-27-12-11-20-22(16-32-26(20)30)24(27)10-8-21-23(27)9-7-19(25(21)29)18(13-28)15-31-14-17-5-3-2-4-6-17;1-2/h2-7,9,18,24,28-29H,8,10-16H2,1H3;2H,1H3. The van der Waals surface area contributed by atoms with Crippen molar-refractivity contribution in [3.63, 3.8) is 0 Å². The lowest BCUT2D eigenvalue weighted by molar-refractivity contribution is -0.136. The molecule has 3 aliphatic rings. The summed E-state index contributed by atoms with van der Waals surface area (Å²) < 4.78 is 11.2. The third-order valence-electron chi connectivity index (χ3n) is 7.78. The fourth-order valence-electron chi connectivity index (χ4n) is 5.98. The number of carbonyl (C=O) groups is 1. The van der Waals surface area contributed by atoms with Crippen molar-refractivity contribution in [3.05, 3.63) is 75.9 Å². The molecule has 34 heavy (non-hydrogen) atoms. The average Bonchev–Trinajstić information content (AvgIpc) is 3.25. The number of esters is 1. The van der Waals surface area contributed by atoms with Crippen LogP contribution in [0.3, 0.4) is 0 Å². The van der Waals surface area contributed by atoms with Crippen LogP contribution >= 0.6 is 0 Å². The number of aromatic hydroxyl groups is 1.